The van der Waals surface area contributed by atoms with Crippen LogP contribution in [0.3, 0.4) is 0 Å². The van der Waals surface area contributed by atoms with Crippen molar-refractivity contribution in [1.29, 1.82) is 0 Å². The van der Waals surface area contributed by atoms with Crippen molar-refractivity contribution in [2.45, 2.75) is 6.92 Å². The predicted octanol–water partition coefficient (Wildman–Crippen LogP) is 4.99. The molecule has 0 unspecified atom stereocenters. The lowest BCUT2D eigenvalue weighted by Crippen LogP contribution is -2.13. The average Bonchev–Trinajstić information content (AvgIpc) is 3.37. The normalized spacial score (nSPS) is 11.2. The van der Waals surface area contributed by atoms with Crippen molar-refractivity contribution in [2.75, 3.05) is 19.0 Å². The summed E-state index contributed by atoms with van der Waals surface area (Å²) in [5, 5.41) is 22.7. The van der Waals surface area contributed by atoms with Crippen molar-refractivity contribution >= 4 is 34.1 Å². The molecule has 4 rings (SSSR count). The summed E-state index contributed by atoms with van der Waals surface area (Å²) in [4.78, 5) is 30.5. The lowest BCUT2D eigenvalue weighted by atomic mass is 10.2. The largest absolute Gasteiger partial charge is 0.378 e. The van der Waals surface area contributed by atoms with E-state index in [2.05, 4.69) is 20.3 Å². The number of hydrogen-bond acceptors (Lipinski definition) is 8. The molecule has 0 spiro atoms. The number of nitrogens with one attached hydrogen (secondary N) is 1. The molecule has 0 saturated carbocycles. The van der Waals surface area contributed by atoms with Crippen LogP contribution in [0.1, 0.15) is 5.69 Å². The minimum Gasteiger partial charge on any atom is -0.378 e. The maximum atomic E-state index is 12.9. The lowest BCUT2D eigenvalue weighted by Gasteiger charge is -2.11. The van der Waals surface area contributed by atoms with Crippen LogP contribution in [0.4, 0.5) is 22.7 Å². The van der Waals surface area contributed by atoms with Gasteiger partial charge < -0.3 is 4.90 Å². The third-order valence-electron chi connectivity index (χ3n) is 4.70. The summed E-state index contributed by atoms with van der Waals surface area (Å²) in [5.41, 5.74) is 2.67. The highest BCUT2D eigenvalue weighted by molar-refractivity contribution is 7.17. The second-order valence-electron chi connectivity index (χ2n) is 7.15. The zero-order chi connectivity index (χ0) is 22.8. The van der Waals surface area contributed by atoms with Crippen LogP contribution >= 0.6 is 11.3 Å². The van der Waals surface area contributed by atoms with Crippen molar-refractivity contribution in [2.24, 2.45) is 10.2 Å². The zero-order valence-corrected chi connectivity index (χ0v) is 18.3. The van der Waals surface area contributed by atoms with E-state index in [9.17, 15) is 14.9 Å². The molecule has 10 nitrogen and oxygen atoms in total. The van der Waals surface area contributed by atoms with Gasteiger partial charge >= 0.3 is 5.56 Å². The SMILES string of the molecule is Cc1[nH]n(-c2ncc(-c3cccc([N+](=O)[O-])c3)s2)c(=O)c1N=Nc1ccc(N(C)C)cc1. The predicted molar refractivity (Wildman–Crippen MR) is 124 cm³/mol. The minimum absolute atomic E-state index is 0.00773. The fourth-order valence-corrected chi connectivity index (χ4v) is 3.86. The first-order chi connectivity index (χ1) is 15.3. The Morgan fingerprint density at radius 3 is 2.59 bits per heavy atom. The molecule has 0 amide bonds. The molecule has 0 saturated heterocycles. The fraction of sp³-hybridized carbons (Fsp3) is 0.143. The Balaban J connectivity index is 1.62. The molecule has 0 aliphatic rings. The van der Waals surface area contributed by atoms with Gasteiger partial charge in [-0.1, -0.05) is 23.5 Å². The summed E-state index contributed by atoms with van der Waals surface area (Å²) in [6.45, 7) is 1.73. The van der Waals surface area contributed by atoms with Crippen LogP contribution in [0.15, 0.2) is 69.8 Å². The van der Waals surface area contributed by atoms with Gasteiger partial charge in [-0.2, -0.15) is 9.80 Å². The number of anilines is 1. The number of azo groups is 1. The van der Waals surface area contributed by atoms with Crippen LogP contribution in [0, 0.1) is 17.0 Å². The summed E-state index contributed by atoms with van der Waals surface area (Å²) in [7, 11) is 3.90. The molecule has 1 N–H and O–H groups in total. The number of hydrogen-bond donors (Lipinski definition) is 1. The second-order valence-corrected chi connectivity index (χ2v) is 8.16. The van der Waals surface area contributed by atoms with Crippen LogP contribution in [0.25, 0.3) is 15.6 Å². The molecule has 32 heavy (non-hydrogen) atoms. The standard InChI is InChI=1S/C21H19N7O3S/c1-13-19(24-23-15-7-9-16(10-8-15)26(2)3)20(29)27(25-13)21-22-12-18(32-21)14-5-4-6-17(11-14)28(30)31/h4-12,25H,1-3H3. The van der Waals surface area contributed by atoms with Gasteiger partial charge in [0.15, 0.2) is 5.69 Å². The number of rotatable bonds is 6. The summed E-state index contributed by atoms with van der Waals surface area (Å²) >= 11 is 1.24. The average molecular weight is 449 g/mol. The highest BCUT2D eigenvalue weighted by Gasteiger charge is 2.16. The van der Waals surface area contributed by atoms with Crippen LogP contribution < -0.4 is 10.5 Å². The van der Waals surface area contributed by atoms with Crippen LogP contribution in [0.2, 0.25) is 0 Å². The number of nitrogens with zero attached hydrogens (tertiary/aromatic N) is 6. The Morgan fingerprint density at radius 1 is 1.16 bits per heavy atom. The van der Waals surface area contributed by atoms with Gasteiger partial charge in [0, 0.05) is 43.7 Å². The van der Waals surface area contributed by atoms with Gasteiger partial charge in [-0.3, -0.25) is 20.0 Å². The third kappa shape index (κ3) is 4.18. The zero-order valence-electron chi connectivity index (χ0n) is 17.5. The third-order valence-corrected chi connectivity index (χ3v) is 5.73. The summed E-state index contributed by atoms with van der Waals surface area (Å²) in [5.74, 6) is 0. The number of aromatic amines is 1. The number of aryl methyl sites for hydroxylation is 1. The lowest BCUT2D eigenvalue weighted by molar-refractivity contribution is -0.384. The molecule has 0 aliphatic heterocycles. The van der Waals surface area contributed by atoms with E-state index in [1.165, 1.54) is 28.2 Å². The molecule has 2 aromatic heterocycles. The Morgan fingerprint density at radius 2 is 1.91 bits per heavy atom. The number of non-ortho nitro benzene ring substituents is 1. The molecule has 0 aliphatic carbocycles. The molecule has 0 bridgehead atoms. The molecule has 0 fully saturated rings. The fourth-order valence-electron chi connectivity index (χ4n) is 2.99. The van der Waals surface area contributed by atoms with Crippen LogP contribution in [0.5, 0.6) is 0 Å². The van der Waals surface area contributed by atoms with Crippen molar-refractivity contribution < 1.29 is 4.92 Å². The van der Waals surface area contributed by atoms with Gasteiger partial charge in [0.1, 0.15) is 0 Å². The smallest absolute Gasteiger partial charge is 0.301 e. The Kier molecular flexibility index (Phi) is 5.65. The molecule has 2 heterocycles. The topological polar surface area (TPSA) is 122 Å². The first-order valence-corrected chi connectivity index (χ1v) is 10.4. The van der Waals surface area contributed by atoms with E-state index in [0.717, 1.165) is 5.69 Å². The summed E-state index contributed by atoms with van der Waals surface area (Å²) in [6.07, 6.45) is 1.58. The van der Waals surface area contributed by atoms with Crippen molar-refractivity contribution in [3.8, 4) is 15.6 Å². The number of benzene rings is 2. The Bertz CT molecular complexity index is 1370. The summed E-state index contributed by atoms with van der Waals surface area (Å²) in [6, 6.07) is 13.8. The number of aromatic nitrogens is 3. The molecular formula is C21H19N7O3S. The highest BCUT2D eigenvalue weighted by Crippen LogP contribution is 2.30. The minimum atomic E-state index is -0.449. The van der Waals surface area contributed by atoms with E-state index in [1.54, 1.807) is 25.3 Å². The van der Waals surface area contributed by atoms with E-state index in [0.29, 0.717) is 27.0 Å². The van der Waals surface area contributed by atoms with Gasteiger partial charge in [0.2, 0.25) is 5.13 Å². The van der Waals surface area contributed by atoms with Crippen LogP contribution in [-0.2, 0) is 0 Å². The van der Waals surface area contributed by atoms with Gasteiger partial charge in [-0.05, 0) is 31.2 Å². The molecule has 0 radical (unpaired) electrons. The summed E-state index contributed by atoms with van der Waals surface area (Å²) < 4.78 is 1.30. The maximum Gasteiger partial charge on any atom is 0.301 e. The monoisotopic (exact) mass is 449 g/mol. The molecule has 0 atom stereocenters. The number of nitro groups is 1. The van der Waals surface area contributed by atoms with Gasteiger partial charge in [-0.25, -0.2) is 4.98 Å². The van der Waals surface area contributed by atoms with E-state index in [4.69, 9.17) is 0 Å². The Hall–Kier alpha value is -4.12. The van der Waals surface area contributed by atoms with E-state index >= 15 is 0 Å². The first-order valence-electron chi connectivity index (χ1n) is 9.55. The van der Waals surface area contributed by atoms with Crippen molar-refractivity contribution in [3.05, 3.63) is 80.9 Å². The van der Waals surface area contributed by atoms with E-state index in [1.807, 2.05) is 43.3 Å². The molecule has 162 valence electrons. The van der Waals surface area contributed by atoms with Gasteiger partial charge in [0.25, 0.3) is 5.69 Å². The molecule has 11 heteroatoms. The number of H-pyrrole nitrogens is 1. The maximum absolute atomic E-state index is 12.9. The van der Waals surface area contributed by atoms with E-state index < -0.39 is 4.92 Å². The van der Waals surface area contributed by atoms with Gasteiger partial charge in [-0.15, -0.1) is 5.11 Å². The quantitative estimate of drug-likeness (QED) is 0.252. The molecule has 2 aromatic carbocycles. The Labute approximate surface area is 186 Å². The van der Waals surface area contributed by atoms with E-state index in [-0.39, 0.29) is 16.9 Å². The van der Waals surface area contributed by atoms with Crippen molar-refractivity contribution in [1.82, 2.24) is 14.8 Å². The molecular weight excluding hydrogens is 430 g/mol. The second kappa shape index (κ2) is 8.55. The van der Waals surface area contributed by atoms with Gasteiger partial charge in [0.05, 0.1) is 21.2 Å². The molecule has 4 aromatic rings. The number of thiazole rings is 1. The van der Waals surface area contributed by atoms with Crippen LogP contribution in [-0.4, -0.2) is 33.8 Å². The number of nitro benzene ring substituents is 1. The first kappa shape index (κ1) is 21.1. The highest BCUT2D eigenvalue weighted by atomic mass is 32.1. The van der Waals surface area contributed by atoms with Crippen molar-refractivity contribution in [3.63, 3.8) is 0 Å².